The fourth-order valence-corrected chi connectivity index (χ4v) is 2.51. The molecule has 1 aliphatic rings. The van der Waals surface area contributed by atoms with E-state index in [9.17, 15) is 9.59 Å². The molecular weight excluding hydrogens is 268 g/mol. The number of likely N-dealkylation sites (tertiary alicyclic amines) is 1. The van der Waals surface area contributed by atoms with Crippen molar-refractivity contribution in [1.29, 1.82) is 0 Å². The summed E-state index contributed by atoms with van der Waals surface area (Å²) in [5.74, 6) is -0.623. The average molecular weight is 290 g/mol. The minimum Gasteiger partial charge on any atom is -0.449 e. The van der Waals surface area contributed by atoms with Crippen molar-refractivity contribution in [3.05, 3.63) is 29.3 Å². The van der Waals surface area contributed by atoms with E-state index in [1.165, 1.54) is 0 Å². The lowest BCUT2D eigenvalue weighted by Crippen LogP contribution is -2.42. The SMILES string of the molecule is Cc1ccc(N)cc1C(=O)OC(C)C(=O)N1CCCCC1. The van der Waals surface area contributed by atoms with Crippen LogP contribution in [-0.4, -0.2) is 36.0 Å². The smallest absolute Gasteiger partial charge is 0.339 e. The van der Waals surface area contributed by atoms with Crippen molar-refractivity contribution >= 4 is 17.6 Å². The maximum Gasteiger partial charge on any atom is 0.339 e. The second kappa shape index (κ2) is 6.61. The van der Waals surface area contributed by atoms with E-state index in [1.54, 1.807) is 30.0 Å². The summed E-state index contributed by atoms with van der Waals surface area (Å²) in [7, 11) is 0. The van der Waals surface area contributed by atoms with Gasteiger partial charge in [0.25, 0.3) is 5.91 Å². The fraction of sp³-hybridized carbons (Fsp3) is 0.500. The number of anilines is 1. The first-order chi connectivity index (χ1) is 9.99. The van der Waals surface area contributed by atoms with Gasteiger partial charge in [0.2, 0.25) is 0 Å². The van der Waals surface area contributed by atoms with Crippen molar-refractivity contribution < 1.29 is 14.3 Å². The van der Waals surface area contributed by atoms with Crippen LogP contribution in [0.5, 0.6) is 0 Å². The number of nitrogens with two attached hydrogens (primary N) is 1. The van der Waals surface area contributed by atoms with Gasteiger partial charge in [0.15, 0.2) is 6.10 Å². The van der Waals surface area contributed by atoms with E-state index in [4.69, 9.17) is 10.5 Å². The highest BCUT2D eigenvalue weighted by molar-refractivity contribution is 5.94. The Morgan fingerprint density at radius 3 is 2.57 bits per heavy atom. The summed E-state index contributed by atoms with van der Waals surface area (Å²) in [6, 6.07) is 5.08. The second-order valence-corrected chi connectivity index (χ2v) is 5.51. The van der Waals surface area contributed by atoms with Gasteiger partial charge in [0.1, 0.15) is 0 Å². The molecule has 1 unspecified atom stereocenters. The monoisotopic (exact) mass is 290 g/mol. The number of benzene rings is 1. The Bertz CT molecular complexity index is 536. The quantitative estimate of drug-likeness (QED) is 0.683. The van der Waals surface area contributed by atoms with E-state index >= 15 is 0 Å². The van der Waals surface area contributed by atoms with Gasteiger partial charge in [-0.1, -0.05) is 6.07 Å². The molecule has 0 radical (unpaired) electrons. The van der Waals surface area contributed by atoms with Gasteiger partial charge in [-0.15, -0.1) is 0 Å². The zero-order chi connectivity index (χ0) is 15.4. The van der Waals surface area contributed by atoms with Crippen LogP contribution in [0.2, 0.25) is 0 Å². The summed E-state index contributed by atoms with van der Waals surface area (Å²) >= 11 is 0. The van der Waals surface area contributed by atoms with Crippen molar-refractivity contribution in [2.75, 3.05) is 18.8 Å². The third-order valence-corrected chi connectivity index (χ3v) is 3.78. The van der Waals surface area contributed by atoms with E-state index in [-0.39, 0.29) is 5.91 Å². The molecule has 2 rings (SSSR count). The third kappa shape index (κ3) is 3.74. The van der Waals surface area contributed by atoms with Crippen LogP contribution >= 0.6 is 0 Å². The molecule has 1 fully saturated rings. The molecule has 2 N–H and O–H groups in total. The van der Waals surface area contributed by atoms with Gasteiger partial charge >= 0.3 is 5.97 Å². The molecule has 1 atom stereocenters. The largest absolute Gasteiger partial charge is 0.449 e. The van der Waals surface area contributed by atoms with Crippen LogP contribution in [0.4, 0.5) is 5.69 Å². The second-order valence-electron chi connectivity index (χ2n) is 5.51. The summed E-state index contributed by atoms with van der Waals surface area (Å²) in [4.78, 5) is 26.2. The number of ether oxygens (including phenoxy) is 1. The van der Waals surface area contributed by atoms with E-state index in [0.29, 0.717) is 11.3 Å². The highest BCUT2D eigenvalue weighted by Crippen LogP contribution is 2.16. The van der Waals surface area contributed by atoms with E-state index in [0.717, 1.165) is 37.9 Å². The lowest BCUT2D eigenvalue weighted by atomic mass is 10.1. The van der Waals surface area contributed by atoms with Gasteiger partial charge < -0.3 is 15.4 Å². The number of hydrogen-bond donors (Lipinski definition) is 1. The van der Waals surface area contributed by atoms with Crippen molar-refractivity contribution in [2.45, 2.75) is 39.2 Å². The van der Waals surface area contributed by atoms with Crippen molar-refractivity contribution in [2.24, 2.45) is 0 Å². The zero-order valence-electron chi connectivity index (χ0n) is 12.6. The Morgan fingerprint density at radius 1 is 1.24 bits per heavy atom. The number of rotatable bonds is 3. The Balaban J connectivity index is 2.01. The summed E-state index contributed by atoms with van der Waals surface area (Å²) < 4.78 is 5.30. The van der Waals surface area contributed by atoms with Gasteiger partial charge in [-0.3, -0.25) is 4.79 Å². The van der Waals surface area contributed by atoms with Crippen LogP contribution in [0.15, 0.2) is 18.2 Å². The minimum absolute atomic E-state index is 0.121. The van der Waals surface area contributed by atoms with Crippen LogP contribution in [0.1, 0.15) is 42.1 Å². The number of nitrogen functional groups attached to an aromatic ring is 1. The Kier molecular flexibility index (Phi) is 4.83. The minimum atomic E-state index is -0.767. The molecule has 5 heteroatoms. The normalized spacial score (nSPS) is 16.4. The number of carbonyl (C=O) groups excluding carboxylic acids is 2. The van der Waals surface area contributed by atoms with Gasteiger partial charge in [0, 0.05) is 18.8 Å². The maximum absolute atomic E-state index is 12.2. The summed E-state index contributed by atoms with van der Waals surface area (Å²) in [5, 5.41) is 0. The van der Waals surface area contributed by atoms with E-state index in [1.807, 2.05) is 6.92 Å². The van der Waals surface area contributed by atoms with Gasteiger partial charge in [-0.2, -0.15) is 0 Å². The predicted octanol–water partition coefficient (Wildman–Crippen LogP) is 2.14. The van der Waals surface area contributed by atoms with E-state index in [2.05, 4.69) is 0 Å². The van der Waals surface area contributed by atoms with Crippen LogP contribution in [-0.2, 0) is 9.53 Å². The molecule has 21 heavy (non-hydrogen) atoms. The first kappa shape index (κ1) is 15.4. The fourth-order valence-electron chi connectivity index (χ4n) is 2.51. The van der Waals surface area contributed by atoms with Crippen molar-refractivity contribution in [3.63, 3.8) is 0 Å². The molecule has 1 amide bonds. The Morgan fingerprint density at radius 2 is 1.90 bits per heavy atom. The molecule has 1 aliphatic heterocycles. The summed E-state index contributed by atoms with van der Waals surface area (Å²) in [5.41, 5.74) is 7.39. The molecule has 0 bridgehead atoms. The molecule has 5 nitrogen and oxygen atoms in total. The average Bonchev–Trinajstić information content (AvgIpc) is 2.49. The number of piperidine rings is 1. The van der Waals surface area contributed by atoms with Gasteiger partial charge in [-0.05, 0) is 50.8 Å². The van der Waals surface area contributed by atoms with Crippen LogP contribution < -0.4 is 5.73 Å². The predicted molar refractivity (Wildman–Crippen MR) is 80.9 cm³/mol. The molecule has 114 valence electrons. The molecule has 0 spiro atoms. The van der Waals surface area contributed by atoms with Crippen molar-refractivity contribution in [1.82, 2.24) is 4.90 Å². The molecule has 0 aliphatic carbocycles. The van der Waals surface area contributed by atoms with Gasteiger partial charge in [-0.25, -0.2) is 4.79 Å². The highest BCUT2D eigenvalue weighted by atomic mass is 16.5. The Labute approximate surface area is 125 Å². The first-order valence-corrected chi connectivity index (χ1v) is 7.35. The molecule has 0 aromatic heterocycles. The number of amides is 1. The number of carbonyl (C=O) groups is 2. The molecule has 1 heterocycles. The zero-order valence-corrected chi connectivity index (χ0v) is 12.6. The standard InChI is InChI=1S/C16H22N2O3/c1-11-6-7-13(17)10-14(11)16(20)21-12(2)15(19)18-8-4-3-5-9-18/h6-7,10,12H,3-5,8-9,17H2,1-2H3. The van der Waals surface area contributed by atoms with Crippen molar-refractivity contribution in [3.8, 4) is 0 Å². The summed E-state index contributed by atoms with van der Waals surface area (Å²) in [6.45, 7) is 4.93. The highest BCUT2D eigenvalue weighted by Gasteiger charge is 2.25. The van der Waals surface area contributed by atoms with Crippen LogP contribution in [0.25, 0.3) is 0 Å². The lowest BCUT2D eigenvalue weighted by molar-refractivity contribution is -0.140. The number of hydrogen-bond acceptors (Lipinski definition) is 4. The molecule has 1 aromatic rings. The Hall–Kier alpha value is -2.04. The lowest BCUT2D eigenvalue weighted by Gasteiger charge is -2.29. The maximum atomic E-state index is 12.2. The van der Waals surface area contributed by atoms with Crippen LogP contribution in [0, 0.1) is 6.92 Å². The summed E-state index contributed by atoms with van der Waals surface area (Å²) in [6.07, 6.45) is 2.42. The molecule has 0 saturated carbocycles. The number of esters is 1. The number of nitrogens with zero attached hydrogens (tertiary/aromatic N) is 1. The number of aryl methyl sites for hydroxylation is 1. The molecule has 1 aromatic carbocycles. The first-order valence-electron chi connectivity index (χ1n) is 7.35. The van der Waals surface area contributed by atoms with Crippen LogP contribution in [0.3, 0.4) is 0 Å². The third-order valence-electron chi connectivity index (χ3n) is 3.78. The van der Waals surface area contributed by atoms with Gasteiger partial charge in [0.05, 0.1) is 5.56 Å². The molecular formula is C16H22N2O3. The van der Waals surface area contributed by atoms with E-state index < -0.39 is 12.1 Å². The molecule has 1 saturated heterocycles. The topological polar surface area (TPSA) is 72.6 Å².